The summed E-state index contributed by atoms with van der Waals surface area (Å²) in [6.45, 7) is 1.40. The molecule has 1 aliphatic rings. The second-order valence-electron chi connectivity index (χ2n) is 3.74. The van der Waals surface area contributed by atoms with Crippen LogP contribution in [0.5, 0.6) is 0 Å². The highest BCUT2D eigenvalue weighted by atomic mass is 35.5. The van der Waals surface area contributed by atoms with Gasteiger partial charge in [-0.25, -0.2) is 0 Å². The van der Waals surface area contributed by atoms with Crippen molar-refractivity contribution < 1.29 is 9.90 Å². The molecule has 15 heavy (non-hydrogen) atoms. The standard InChI is InChI=1S/C11H12ClNO2/c12-10-4-2-1-3-9(10)11(15)13-5-8(6-13)7-14/h1-4,8,14H,5-7H2. The van der Waals surface area contributed by atoms with Crippen LogP contribution < -0.4 is 0 Å². The SMILES string of the molecule is O=C(c1ccccc1Cl)N1CC(CO)C1. The third-order valence-corrected chi connectivity index (χ3v) is 2.94. The average Bonchev–Trinajstić information content (AvgIpc) is 2.16. The molecule has 1 aliphatic heterocycles. The molecule has 1 heterocycles. The molecule has 0 saturated carbocycles. The lowest BCUT2D eigenvalue weighted by atomic mass is 10.00. The molecule has 0 unspecified atom stereocenters. The van der Waals surface area contributed by atoms with Crippen LogP contribution in [0.3, 0.4) is 0 Å². The first kappa shape index (κ1) is 10.5. The Bertz CT molecular complexity index is 375. The van der Waals surface area contributed by atoms with Crippen LogP contribution in [0, 0.1) is 5.92 Å². The van der Waals surface area contributed by atoms with E-state index in [2.05, 4.69) is 0 Å². The molecule has 1 amide bonds. The van der Waals surface area contributed by atoms with E-state index in [1.54, 1.807) is 29.2 Å². The maximum absolute atomic E-state index is 11.9. The van der Waals surface area contributed by atoms with Gasteiger partial charge < -0.3 is 10.0 Å². The lowest BCUT2D eigenvalue weighted by molar-refractivity contribution is 0.0362. The van der Waals surface area contributed by atoms with Gasteiger partial charge in [-0.05, 0) is 12.1 Å². The minimum absolute atomic E-state index is 0.0506. The lowest BCUT2D eigenvalue weighted by Gasteiger charge is -2.38. The lowest BCUT2D eigenvalue weighted by Crippen LogP contribution is -2.51. The minimum atomic E-state index is -0.0506. The zero-order valence-electron chi connectivity index (χ0n) is 8.19. The van der Waals surface area contributed by atoms with Crippen molar-refractivity contribution >= 4 is 17.5 Å². The van der Waals surface area contributed by atoms with Gasteiger partial charge in [0.25, 0.3) is 5.91 Å². The highest BCUT2D eigenvalue weighted by Crippen LogP contribution is 2.22. The van der Waals surface area contributed by atoms with Crippen LogP contribution in [-0.2, 0) is 0 Å². The van der Waals surface area contributed by atoms with Crippen LogP contribution in [0.2, 0.25) is 5.02 Å². The summed E-state index contributed by atoms with van der Waals surface area (Å²) in [5, 5.41) is 9.33. The fourth-order valence-electron chi connectivity index (χ4n) is 1.66. The number of halogens is 1. The summed E-state index contributed by atoms with van der Waals surface area (Å²) < 4.78 is 0. The number of nitrogens with zero attached hydrogens (tertiary/aromatic N) is 1. The maximum Gasteiger partial charge on any atom is 0.255 e. The zero-order valence-corrected chi connectivity index (χ0v) is 8.94. The van der Waals surface area contributed by atoms with Crippen molar-refractivity contribution in [1.82, 2.24) is 4.90 Å². The molecule has 0 bridgehead atoms. The van der Waals surface area contributed by atoms with Crippen molar-refractivity contribution in [3.63, 3.8) is 0 Å². The van der Waals surface area contributed by atoms with Crippen LogP contribution in [0.15, 0.2) is 24.3 Å². The first-order chi connectivity index (χ1) is 7.22. The van der Waals surface area contributed by atoms with Crippen molar-refractivity contribution in [3.8, 4) is 0 Å². The van der Waals surface area contributed by atoms with E-state index < -0.39 is 0 Å². The Hall–Kier alpha value is -1.06. The number of rotatable bonds is 2. The monoisotopic (exact) mass is 225 g/mol. The van der Waals surface area contributed by atoms with Gasteiger partial charge >= 0.3 is 0 Å². The largest absolute Gasteiger partial charge is 0.396 e. The van der Waals surface area contributed by atoms with E-state index in [4.69, 9.17) is 16.7 Å². The third-order valence-electron chi connectivity index (χ3n) is 2.61. The summed E-state index contributed by atoms with van der Waals surface area (Å²) in [7, 11) is 0. The number of hydrogen-bond donors (Lipinski definition) is 1. The number of aliphatic hydroxyl groups excluding tert-OH is 1. The molecule has 0 radical (unpaired) electrons. The number of amides is 1. The molecule has 80 valence electrons. The van der Waals surface area contributed by atoms with E-state index in [9.17, 15) is 4.79 Å². The summed E-state index contributed by atoms with van der Waals surface area (Å²) >= 11 is 5.92. The van der Waals surface area contributed by atoms with Crippen LogP contribution in [0.4, 0.5) is 0 Å². The topological polar surface area (TPSA) is 40.5 Å². The molecule has 1 fully saturated rings. The number of carbonyl (C=O) groups is 1. The first-order valence-corrected chi connectivity index (χ1v) is 5.25. The smallest absolute Gasteiger partial charge is 0.255 e. The normalized spacial score (nSPS) is 16.3. The molecular weight excluding hydrogens is 214 g/mol. The highest BCUT2D eigenvalue weighted by Gasteiger charge is 2.31. The second kappa shape index (κ2) is 4.21. The van der Waals surface area contributed by atoms with Gasteiger partial charge in [-0.3, -0.25) is 4.79 Å². The van der Waals surface area contributed by atoms with Gasteiger partial charge in [0, 0.05) is 25.6 Å². The first-order valence-electron chi connectivity index (χ1n) is 4.87. The molecule has 3 nitrogen and oxygen atoms in total. The molecule has 1 aromatic carbocycles. The molecule has 2 rings (SSSR count). The van der Waals surface area contributed by atoms with Gasteiger partial charge in [0.2, 0.25) is 0 Å². The maximum atomic E-state index is 11.9. The summed E-state index contributed by atoms with van der Waals surface area (Å²) in [6, 6.07) is 7.02. The summed E-state index contributed by atoms with van der Waals surface area (Å²) in [6.07, 6.45) is 0. The molecule has 1 saturated heterocycles. The van der Waals surface area contributed by atoms with Crippen molar-refractivity contribution in [1.29, 1.82) is 0 Å². The van der Waals surface area contributed by atoms with Crippen molar-refractivity contribution in [2.24, 2.45) is 5.92 Å². The minimum Gasteiger partial charge on any atom is -0.396 e. The number of carbonyl (C=O) groups excluding carboxylic acids is 1. The Morgan fingerprint density at radius 2 is 2.13 bits per heavy atom. The summed E-state index contributed by atoms with van der Waals surface area (Å²) in [5.74, 6) is 0.182. The number of hydrogen-bond acceptors (Lipinski definition) is 2. The Labute approximate surface area is 93.3 Å². The van der Waals surface area contributed by atoms with E-state index in [-0.39, 0.29) is 18.4 Å². The van der Waals surface area contributed by atoms with Gasteiger partial charge in [0.05, 0.1) is 10.6 Å². The van der Waals surface area contributed by atoms with Crippen LogP contribution >= 0.6 is 11.6 Å². The van der Waals surface area contributed by atoms with Gasteiger partial charge in [-0.15, -0.1) is 0 Å². The molecule has 0 spiro atoms. The number of aliphatic hydroxyl groups is 1. The summed E-state index contributed by atoms with van der Waals surface area (Å²) in [5.41, 5.74) is 0.538. The van der Waals surface area contributed by atoms with Gasteiger partial charge in [-0.2, -0.15) is 0 Å². The third kappa shape index (κ3) is 1.98. The zero-order chi connectivity index (χ0) is 10.8. The Morgan fingerprint density at radius 3 is 2.73 bits per heavy atom. The van der Waals surface area contributed by atoms with Crippen molar-refractivity contribution in [2.75, 3.05) is 19.7 Å². The van der Waals surface area contributed by atoms with Gasteiger partial charge in [0.1, 0.15) is 0 Å². The molecular formula is C11H12ClNO2. The fourth-order valence-corrected chi connectivity index (χ4v) is 1.87. The molecule has 0 atom stereocenters. The fraction of sp³-hybridized carbons (Fsp3) is 0.364. The van der Waals surface area contributed by atoms with Crippen LogP contribution in [-0.4, -0.2) is 35.6 Å². The van der Waals surface area contributed by atoms with E-state index >= 15 is 0 Å². The number of benzene rings is 1. The summed E-state index contributed by atoms with van der Waals surface area (Å²) in [4.78, 5) is 13.6. The highest BCUT2D eigenvalue weighted by molar-refractivity contribution is 6.33. The predicted molar refractivity (Wildman–Crippen MR) is 57.9 cm³/mol. The quantitative estimate of drug-likeness (QED) is 0.827. The molecule has 1 aromatic rings. The van der Waals surface area contributed by atoms with E-state index in [0.29, 0.717) is 23.7 Å². The molecule has 1 N–H and O–H groups in total. The average molecular weight is 226 g/mol. The predicted octanol–water partition coefficient (Wildman–Crippen LogP) is 1.40. The van der Waals surface area contributed by atoms with Gasteiger partial charge in [-0.1, -0.05) is 23.7 Å². The van der Waals surface area contributed by atoms with Crippen LogP contribution in [0.25, 0.3) is 0 Å². The van der Waals surface area contributed by atoms with Crippen molar-refractivity contribution in [3.05, 3.63) is 34.9 Å². The Morgan fingerprint density at radius 1 is 1.47 bits per heavy atom. The van der Waals surface area contributed by atoms with E-state index in [1.807, 2.05) is 0 Å². The van der Waals surface area contributed by atoms with E-state index in [0.717, 1.165) is 0 Å². The molecule has 0 aliphatic carbocycles. The molecule has 0 aromatic heterocycles. The Kier molecular flexibility index (Phi) is 2.93. The second-order valence-corrected chi connectivity index (χ2v) is 4.15. The number of likely N-dealkylation sites (tertiary alicyclic amines) is 1. The van der Waals surface area contributed by atoms with E-state index in [1.165, 1.54) is 0 Å². The van der Waals surface area contributed by atoms with Crippen molar-refractivity contribution in [2.45, 2.75) is 0 Å². The van der Waals surface area contributed by atoms with Crippen LogP contribution in [0.1, 0.15) is 10.4 Å². The van der Waals surface area contributed by atoms with Gasteiger partial charge in [0.15, 0.2) is 0 Å². The Balaban J connectivity index is 2.07. The molecule has 4 heteroatoms.